The van der Waals surface area contributed by atoms with Gasteiger partial charge in [-0.2, -0.15) is 4.39 Å². The third-order valence-electron chi connectivity index (χ3n) is 4.32. The first-order valence-electron chi connectivity index (χ1n) is 7.70. The second-order valence-electron chi connectivity index (χ2n) is 6.04. The minimum absolute atomic E-state index is 0.0208. The van der Waals surface area contributed by atoms with Gasteiger partial charge in [0, 0.05) is 25.7 Å². The Morgan fingerprint density at radius 1 is 1.29 bits per heavy atom. The first-order valence-corrected chi connectivity index (χ1v) is 7.70. The Morgan fingerprint density at radius 2 is 2.00 bits per heavy atom. The Labute approximate surface area is 139 Å². The number of hydrogen-bond acceptors (Lipinski definition) is 3. The van der Waals surface area contributed by atoms with Gasteiger partial charge in [0.15, 0.2) is 0 Å². The molecule has 1 N–H and O–H groups in total. The highest BCUT2D eigenvalue weighted by atomic mass is 19.1. The first kappa shape index (κ1) is 16.1. The van der Waals surface area contributed by atoms with E-state index in [0.29, 0.717) is 6.54 Å². The van der Waals surface area contributed by atoms with Gasteiger partial charge in [0.25, 0.3) is 0 Å². The van der Waals surface area contributed by atoms with E-state index in [4.69, 9.17) is 0 Å². The lowest BCUT2D eigenvalue weighted by Crippen LogP contribution is -2.33. The largest absolute Gasteiger partial charge is 0.344 e. The lowest BCUT2D eigenvalue weighted by atomic mass is 9.87. The maximum atomic E-state index is 13.7. The molecule has 1 saturated heterocycles. The fraction of sp³-hybridized carbons (Fsp3) is 0.278. The van der Waals surface area contributed by atoms with Crippen molar-refractivity contribution in [2.75, 3.05) is 18.9 Å². The molecule has 3 rings (SSSR count). The summed E-state index contributed by atoms with van der Waals surface area (Å²) in [5.41, 5.74) is 2.01. The fourth-order valence-electron chi connectivity index (χ4n) is 3.00. The van der Waals surface area contributed by atoms with Crippen LogP contribution < -0.4 is 5.32 Å². The Hall–Kier alpha value is -2.76. The lowest BCUT2D eigenvalue weighted by Gasteiger charge is -2.17. The highest BCUT2D eigenvalue weighted by Crippen LogP contribution is 2.34. The number of hydrogen-bond donors (Lipinski definition) is 1. The predicted octanol–water partition coefficient (Wildman–Crippen LogP) is 2.34. The molecule has 0 radical (unpaired) electrons. The number of aryl methyl sites for hydroxylation is 1. The van der Waals surface area contributed by atoms with Crippen LogP contribution in [0.4, 0.5) is 10.1 Å². The predicted molar refractivity (Wildman–Crippen MR) is 87.9 cm³/mol. The minimum Gasteiger partial charge on any atom is -0.344 e. The monoisotopic (exact) mass is 327 g/mol. The molecule has 2 heterocycles. The molecule has 0 saturated carbocycles. The van der Waals surface area contributed by atoms with Gasteiger partial charge in [0.05, 0.1) is 5.69 Å². The number of amides is 2. The number of carbonyl (C=O) groups excluding carboxylic acids is 2. The molecule has 5 nitrogen and oxygen atoms in total. The molecule has 1 aliphatic heterocycles. The van der Waals surface area contributed by atoms with Crippen LogP contribution in [0.15, 0.2) is 42.6 Å². The summed E-state index contributed by atoms with van der Waals surface area (Å²) in [4.78, 5) is 30.1. The number of nitrogens with zero attached hydrogens (tertiary/aromatic N) is 2. The number of nitrogens with one attached hydrogen (secondary N) is 1. The molecule has 6 heteroatoms. The van der Waals surface area contributed by atoms with Crippen LogP contribution in [0.25, 0.3) is 0 Å². The van der Waals surface area contributed by atoms with Gasteiger partial charge in [0.1, 0.15) is 5.92 Å². The van der Waals surface area contributed by atoms with Gasteiger partial charge < -0.3 is 10.2 Å². The van der Waals surface area contributed by atoms with Crippen LogP contribution in [-0.2, 0) is 9.59 Å². The van der Waals surface area contributed by atoms with Crippen LogP contribution >= 0.6 is 0 Å². The normalized spacial score (nSPS) is 20.3. The summed E-state index contributed by atoms with van der Waals surface area (Å²) in [6, 6.07) is 10.7. The van der Waals surface area contributed by atoms with Gasteiger partial charge in [0.2, 0.25) is 17.8 Å². The van der Waals surface area contributed by atoms with Crippen LogP contribution in [0.2, 0.25) is 0 Å². The maximum Gasteiger partial charge on any atom is 0.237 e. The van der Waals surface area contributed by atoms with Crippen LogP contribution in [0, 0.1) is 18.8 Å². The highest BCUT2D eigenvalue weighted by Gasteiger charge is 2.44. The van der Waals surface area contributed by atoms with Crippen LogP contribution in [0.3, 0.4) is 0 Å². The quantitative estimate of drug-likeness (QED) is 0.695. The zero-order valence-electron chi connectivity index (χ0n) is 13.5. The number of likely N-dealkylation sites (N-methyl/N-ethyl adjacent to an activating group) is 1. The fourth-order valence-corrected chi connectivity index (χ4v) is 3.00. The van der Waals surface area contributed by atoms with Crippen molar-refractivity contribution >= 4 is 17.5 Å². The first-order chi connectivity index (χ1) is 11.5. The van der Waals surface area contributed by atoms with E-state index in [9.17, 15) is 14.0 Å². The van der Waals surface area contributed by atoms with Crippen molar-refractivity contribution < 1.29 is 14.0 Å². The van der Waals surface area contributed by atoms with Gasteiger partial charge >= 0.3 is 0 Å². The zero-order chi connectivity index (χ0) is 17.3. The Bertz CT molecular complexity index is 776. The van der Waals surface area contributed by atoms with Crippen molar-refractivity contribution in [3.05, 3.63) is 59.7 Å². The third kappa shape index (κ3) is 2.99. The van der Waals surface area contributed by atoms with Gasteiger partial charge in [-0.3, -0.25) is 9.59 Å². The molecule has 1 fully saturated rings. The minimum atomic E-state index is -0.877. The van der Waals surface area contributed by atoms with Crippen molar-refractivity contribution in [1.82, 2.24) is 9.88 Å². The SMILES string of the molecule is Cc1ccc([C@H]2CN(C)C(=O)[C@@H]2C(=O)Nc2cccnc2F)cc1. The summed E-state index contributed by atoms with van der Waals surface area (Å²) < 4.78 is 13.7. The van der Waals surface area contributed by atoms with E-state index >= 15 is 0 Å². The molecule has 1 aromatic heterocycles. The van der Waals surface area contributed by atoms with E-state index in [1.807, 2.05) is 31.2 Å². The molecule has 2 aromatic rings. The molecule has 24 heavy (non-hydrogen) atoms. The zero-order valence-corrected chi connectivity index (χ0v) is 13.5. The smallest absolute Gasteiger partial charge is 0.237 e. The van der Waals surface area contributed by atoms with Crippen molar-refractivity contribution in [3.63, 3.8) is 0 Å². The number of anilines is 1. The van der Waals surface area contributed by atoms with Gasteiger partial charge in [-0.25, -0.2) is 4.98 Å². The summed E-state index contributed by atoms with van der Waals surface area (Å²) >= 11 is 0. The van der Waals surface area contributed by atoms with Gasteiger partial charge in [-0.15, -0.1) is 0 Å². The van der Waals surface area contributed by atoms with Crippen LogP contribution in [0.5, 0.6) is 0 Å². The number of benzene rings is 1. The van der Waals surface area contributed by atoms with E-state index in [0.717, 1.165) is 11.1 Å². The average molecular weight is 327 g/mol. The van der Waals surface area contributed by atoms with Gasteiger partial charge in [-0.05, 0) is 24.6 Å². The molecule has 0 spiro atoms. The second-order valence-corrected chi connectivity index (χ2v) is 6.04. The molecule has 1 aliphatic rings. The van der Waals surface area contributed by atoms with Crippen molar-refractivity contribution in [3.8, 4) is 0 Å². The molecular formula is C18H18FN3O2. The van der Waals surface area contributed by atoms with E-state index < -0.39 is 17.8 Å². The summed E-state index contributed by atoms with van der Waals surface area (Å²) in [5.74, 6) is -2.68. The molecule has 124 valence electrons. The molecule has 2 amide bonds. The van der Waals surface area contributed by atoms with Crippen LogP contribution in [0.1, 0.15) is 17.0 Å². The van der Waals surface area contributed by atoms with Gasteiger partial charge in [-0.1, -0.05) is 29.8 Å². The summed E-state index contributed by atoms with van der Waals surface area (Å²) in [6.07, 6.45) is 1.30. The Kier molecular flexibility index (Phi) is 4.29. The summed E-state index contributed by atoms with van der Waals surface area (Å²) in [7, 11) is 1.67. The third-order valence-corrected chi connectivity index (χ3v) is 4.32. The number of likely N-dealkylation sites (tertiary alicyclic amines) is 1. The van der Waals surface area contributed by atoms with Crippen molar-refractivity contribution in [2.45, 2.75) is 12.8 Å². The molecule has 1 aromatic carbocycles. The summed E-state index contributed by atoms with van der Waals surface area (Å²) in [5, 5.41) is 2.49. The van der Waals surface area contributed by atoms with Crippen molar-refractivity contribution in [1.29, 1.82) is 0 Å². The van der Waals surface area contributed by atoms with Crippen molar-refractivity contribution in [2.24, 2.45) is 5.92 Å². The highest BCUT2D eigenvalue weighted by molar-refractivity contribution is 6.08. The molecule has 0 bridgehead atoms. The van der Waals surface area contributed by atoms with E-state index in [1.165, 1.54) is 23.2 Å². The number of pyridine rings is 1. The topological polar surface area (TPSA) is 62.3 Å². The van der Waals surface area contributed by atoms with E-state index in [2.05, 4.69) is 10.3 Å². The summed E-state index contributed by atoms with van der Waals surface area (Å²) in [6.45, 7) is 2.43. The average Bonchev–Trinajstić information content (AvgIpc) is 2.86. The number of aromatic nitrogens is 1. The maximum absolute atomic E-state index is 13.7. The Morgan fingerprint density at radius 3 is 2.67 bits per heavy atom. The number of rotatable bonds is 3. The number of halogens is 1. The molecule has 0 aliphatic carbocycles. The standard InChI is InChI=1S/C18H18FN3O2/c1-11-5-7-12(8-6-11)13-10-22(2)18(24)15(13)17(23)21-14-4-3-9-20-16(14)19/h3-9,13,15H,10H2,1-2H3,(H,21,23)/t13-,15+/m1/s1. The van der Waals surface area contributed by atoms with Crippen LogP contribution in [-0.4, -0.2) is 35.3 Å². The number of carbonyl (C=O) groups is 2. The van der Waals surface area contributed by atoms with E-state index in [-0.39, 0.29) is 17.5 Å². The molecule has 0 unspecified atom stereocenters. The lowest BCUT2D eigenvalue weighted by molar-refractivity contribution is -0.135. The molecular weight excluding hydrogens is 309 g/mol. The molecule has 2 atom stereocenters. The Balaban J connectivity index is 1.87. The second kappa shape index (κ2) is 6.39. The van der Waals surface area contributed by atoms with E-state index in [1.54, 1.807) is 7.05 Å².